The van der Waals surface area contributed by atoms with Gasteiger partial charge in [0.15, 0.2) is 0 Å². The summed E-state index contributed by atoms with van der Waals surface area (Å²) >= 11 is 3.44. The molecule has 1 aromatic rings. The number of methoxy groups -OCH3 is 1. The van der Waals surface area contributed by atoms with E-state index in [0.29, 0.717) is 13.0 Å². The zero-order valence-corrected chi connectivity index (χ0v) is 13.6. The Morgan fingerprint density at radius 3 is 2.53 bits per heavy atom. The molecule has 108 valence electrons. The number of hydrogen-bond acceptors (Lipinski definition) is 3. The third-order valence-corrected chi connectivity index (χ3v) is 3.56. The molecule has 0 radical (unpaired) electrons. The van der Waals surface area contributed by atoms with Crippen LogP contribution < -0.4 is 4.74 Å². The highest BCUT2D eigenvalue weighted by Crippen LogP contribution is 2.26. The first kappa shape index (κ1) is 16.5. The number of hydrogen-bond donors (Lipinski definition) is 1. The van der Waals surface area contributed by atoms with Crippen LogP contribution in [-0.2, 0) is 11.2 Å². The monoisotopic (exact) mass is 330 g/mol. The van der Waals surface area contributed by atoms with Gasteiger partial charge in [-0.15, -0.1) is 0 Å². The molecule has 0 amide bonds. The van der Waals surface area contributed by atoms with E-state index in [2.05, 4.69) is 29.8 Å². The maximum absolute atomic E-state index is 10.4. The van der Waals surface area contributed by atoms with Crippen LogP contribution in [0, 0.1) is 5.92 Å². The Bertz CT molecular complexity index is 393. The van der Waals surface area contributed by atoms with Gasteiger partial charge in [-0.3, -0.25) is 0 Å². The second-order valence-corrected chi connectivity index (χ2v) is 5.81. The molecule has 0 bridgehead atoms. The molecule has 2 unspecified atom stereocenters. The Morgan fingerprint density at radius 1 is 1.32 bits per heavy atom. The lowest BCUT2D eigenvalue weighted by atomic mass is 9.96. The summed E-state index contributed by atoms with van der Waals surface area (Å²) in [4.78, 5) is 0. The van der Waals surface area contributed by atoms with Gasteiger partial charge in [0, 0.05) is 17.5 Å². The minimum Gasteiger partial charge on any atom is -0.496 e. The summed E-state index contributed by atoms with van der Waals surface area (Å²) in [6.45, 7) is 6.67. The zero-order chi connectivity index (χ0) is 14.4. The first-order valence-corrected chi connectivity index (χ1v) is 7.41. The van der Waals surface area contributed by atoms with Crippen molar-refractivity contribution in [3.63, 3.8) is 0 Å². The highest BCUT2D eigenvalue weighted by atomic mass is 79.9. The molecule has 1 rings (SSSR count). The summed E-state index contributed by atoms with van der Waals surface area (Å²) in [5.74, 6) is 1.06. The van der Waals surface area contributed by atoms with Crippen LogP contribution in [0.5, 0.6) is 5.75 Å². The Kier molecular flexibility index (Phi) is 6.83. The summed E-state index contributed by atoms with van der Waals surface area (Å²) < 4.78 is 11.9. The minimum absolute atomic E-state index is 0.159. The maximum Gasteiger partial charge on any atom is 0.122 e. The molecular formula is C15H23BrO3. The predicted octanol–water partition coefficient (Wildman–Crippen LogP) is 3.42. The molecule has 0 aliphatic carbocycles. The van der Waals surface area contributed by atoms with Gasteiger partial charge in [0.2, 0.25) is 0 Å². The van der Waals surface area contributed by atoms with Gasteiger partial charge in [0.05, 0.1) is 19.3 Å². The van der Waals surface area contributed by atoms with E-state index in [-0.39, 0.29) is 12.0 Å². The van der Waals surface area contributed by atoms with Gasteiger partial charge in [-0.2, -0.15) is 0 Å². The van der Waals surface area contributed by atoms with E-state index in [0.717, 1.165) is 15.8 Å². The second kappa shape index (κ2) is 7.88. The highest BCUT2D eigenvalue weighted by molar-refractivity contribution is 9.10. The molecule has 4 heteroatoms. The van der Waals surface area contributed by atoms with Crippen molar-refractivity contribution in [2.75, 3.05) is 13.7 Å². The van der Waals surface area contributed by atoms with Crippen molar-refractivity contribution in [3.8, 4) is 5.75 Å². The van der Waals surface area contributed by atoms with E-state index in [1.165, 1.54) is 0 Å². The average molecular weight is 331 g/mol. The van der Waals surface area contributed by atoms with E-state index in [1.807, 2.05) is 25.1 Å². The number of halogens is 1. The lowest BCUT2D eigenvalue weighted by molar-refractivity contribution is -0.0563. The van der Waals surface area contributed by atoms with Crippen molar-refractivity contribution in [1.82, 2.24) is 0 Å². The standard InChI is InChI=1S/C15H23BrO3/c1-5-19-15(10(2)3)13(17)9-11-8-12(16)6-7-14(11)18-4/h6-8,10,13,15,17H,5,9H2,1-4H3. The molecule has 1 N–H and O–H groups in total. The fourth-order valence-electron chi connectivity index (χ4n) is 2.19. The zero-order valence-electron chi connectivity index (χ0n) is 12.0. The Balaban J connectivity index is 2.85. The van der Waals surface area contributed by atoms with Gasteiger partial charge >= 0.3 is 0 Å². The predicted molar refractivity (Wildman–Crippen MR) is 80.7 cm³/mol. The normalized spacial score (nSPS) is 14.5. The van der Waals surface area contributed by atoms with Crippen LogP contribution in [0.25, 0.3) is 0 Å². The molecule has 0 aliphatic rings. The van der Waals surface area contributed by atoms with Gasteiger partial charge in [-0.05, 0) is 36.6 Å². The minimum atomic E-state index is -0.539. The maximum atomic E-state index is 10.4. The van der Waals surface area contributed by atoms with E-state index >= 15 is 0 Å². The number of aliphatic hydroxyl groups is 1. The van der Waals surface area contributed by atoms with Gasteiger partial charge in [-0.1, -0.05) is 29.8 Å². The lowest BCUT2D eigenvalue weighted by Crippen LogP contribution is -2.35. The molecule has 3 nitrogen and oxygen atoms in total. The van der Waals surface area contributed by atoms with Crippen molar-refractivity contribution in [1.29, 1.82) is 0 Å². The molecule has 0 saturated carbocycles. The molecule has 0 saturated heterocycles. The van der Waals surface area contributed by atoms with Crippen LogP contribution in [0.2, 0.25) is 0 Å². The van der Waals surface area contributed by atoms with Crippen LogP contribution >= 0.6 is 15.9 Å². The van der Waals surface area contributed by atoms with Crippen LogP contribution in [0.1, 0.15) is 26.3 Å². The van der Waals surface area contributed by atoms with Gasteiger partial charge in [0.25, 0.3) is 0 Å². The Hall–Kier alpha value is -0.580. The highest BCUT2D eigenvalue weighted by Gasteiger charge is 2.24. The lowest BCUT2D eigenvalue weighted by Gasteiger charge is -2.26. The third-order valence-electron chi connectivity index (χ3n) is 3.07. The smallest absolute Gasteiger partial charge is 0.122 e. The van der Waals surface area contributed by atoms with Crippen LogP contribution in [0.4, 0.5) is 0 Å². The first-order valence-electron chi connectivity index (χ1n) is 6.61. The molecule has 19 heavy (non-hydrogen) atoms. The summed E-state index contributed by atoms with van der Waals surface area (Å²) in [6, 6.07) is 5.81. The number of benzene rings is 1. The van der Waals surface area contributed by atoms with Crippen molar-refractivity contribution >= 4 is 15.9 Å². The van der Waals surface area contributed by atoms with E-state index < -0.39 is 6.10 Å². The molecule has 0 heterocycles. The molecule has 0 aromatic heterocycles. The van der Waals surface area contributed by atoms with E-state index in [9.17, 15) is 5.11 Å². The average Bonchev–Trinajstić information content (AvgIpc) is 2.35. The van der Waals surface area contributed by atoms with Crippen LogP contribution in [0.3, 0.4) is 0 Å². The quantitative estimate of drug-likeness (QED) is 0.832. The van der Waals surface area contributed by atoms with Crippen molar-refractivity contribution in [2.45, 2.75) is 39.4 Å². The molecule has 0 aliphatic heterocycles. The fraction of sp³-hybridized carbons (Fsp3) is 0.600. The molecular weight excluding hydrogens is 308 g/mol. The topological polar surface area (TPSA) is 38.7 Å². The van der Waals surface area contributed by atoms with E-state index in [4.69, 9.17) is 9.47 Å². The first-order chi connectivity index (χ1) is 8.99. The fourth-order valence-corrected chi connectivity index (χ4v) is 2.60. The van der Waals surface area contributed by atoms with Crippen LogP contribution in [0.15, 0.2) is 22.7 Å². The Morgan fingerprint density at radius 2 is 2.00 bits per heavy atom. The molecule has 0 fully saturated rings. The van der Waals surface area contributed by atoms with Gasteiger partial charge < -0.3 is 14.6 Å². The Labute approximate surface area is 124 Å². The summed E-state index contributed by atoms with van der Waals surface area (Å²) in [7, 11) is 1.64. The van der Waals surface area contributed by atoms with Gasteiger partial charge in [-0.25, -0.2) is 0 Å². The van der Waals surface area contributed by atoms with E-state index in [1.54, 1.807) is 7.11 Å². The number of rotatable bonds is 7. The molecule has 0 spiro atoms. The van der Waals surface area contributed by atoms with Crippen LogP contribution in [-0.4, -0.2) is 31.0 Å². The van der Waals surface area contributed by atoms with Crippen molar-refractivity contribution in [3.05, 3.63) is 28.2 Å². The third kappa shape index (κ3) is 4.79. The largest absolute Gasteiger partial charge is 0.496 e. The second-order valence-electron chi connectivity index (χ2n) is 4.89. The van der Waals surface area contributed by atoms with Gasteiger partial charge in [0.1, 0.15) is 5.75 Å². The number of aliphatic hydroxyl groups excluding tert-OH is 1. The molecule has 1 aromatic carbocycles. The van der Waals surface area contributed by atoms with Crippen molar-refractivity contribution < 1.29 is 14.6 Å². The van der Waals surface area contributed by atoms with Crippen molar-refractivity contribution in [2.24, 2.45) is 5.92 Å². The summed E-state index contributed by atoms with van der Waals surface area (Å²) in [5, 5.41) is 10.4. The molecule has 2 atom stereocenters. The summed E-state index contributed by atoms with van der Waals surface area (Å²) in [6.07, 6.45) is -0.178. The summed E-state index contributed by atoms with van der Waals surface area (Å²) in [5.41, 5.74) is 0.981. The number of ether oxygens (including phenoxy) is 2. The SMILES string of the molecule is CCOC(C(C)C)C(O)Cc1cc(Br)ccc1OC.